The molecule has 1 aromatic rings. The van der Waals surface area contributed by atoms with E-state index in [1.165, 1.54) is 5.56 Å². The van der Waals surface area contributed by atoms with Gasteiger partial charge in [-0.3, -0.25) is 0 Å². The monoisotopic (exact) mass is 271 g/mol. The number of benzene rings is 1. The van der Waals surface area contributed by atoms with E-state index >= 15 is 0 Å². The summed E-state index contributed by atoms with van der Waals surface area (Å²) in [6.07, 6.45) is 1.87. The van der Waals surface area contributed by atoms with E-state index in [0.717, 1.165) is 38.3 Å². The summed E-state index contributed by atoms with van der Waals surface area (Å²) in [5.41, 5.74) is 2.39. The minimum Gasteiger partial charge on any atom is -0.385 e. The first kappa shape index (κ1) is 15.3. The fourth-order valence-corrected chi connectivity index (χ4v) is 1.79. The van der Waals surface area contributed by atoms with Crippen LogP contribution in [0.5, 0.6) is 0 Å². The summed E-state index contributed by atoms with van der Waals surface area (Å²) in [6.45, 7) is 3.05. The van der Waals surface area contributed by atoms with Crippen LogP contribution in [0.3, 0.4) is 0 Å². The van der Waals surface area contributed by atoms with E-state index < -0.39 is 0 Å². The van der Waals surface area contributed by atoms with Crippen LogP contribution < -0.4 is 5.32 Å². The van der Waals surface area contributed by atoms with Crippen molar-refractivity contribution < 1.29 is 9.47 Å². The smallest absolute Gasteiger partial charge is 0.0639 e. The molecular weight excluding hydrogens is 250 g/mol. The van der Waals surface area contributed by atoms with Gasteiger partial charge in [0, 0.05) is 38.4 Å². The minimum absolute atomic E-state index is 0.669. The molecule has 0 fully saturated rings. The molecule has 102 valence electrons. The van der Waals surface area contributed by atoms with Crippen LogP contribution in [-0.2, 0) is 15.9 Å². The molecule has 0 aliphatic heterocycles. The van der Waals surface area contributed by atoms with Gasteiger partial charge >= 0.3 is 0 Å². The quantitative estimate of drug-likeness (QED) is 0.524. The summed E-state index contributed by atoms with van der Waals surface area (Å²) in [5, 5.41) is 3.32. The number of halogens is 1. The molecule has 0 unspecified atom stereocenters. The lowest BCUT2D eigenvalue weighted by molar-refractivity contribution is 0.109. The maximum Gasteiger partial charge on any atom is 0.0639 e. The van der Waals surface area contributed by atoms with Gasteiger partial charge in [-0.25, -0.2) is 0 Å². The third-order valence-electron chi connectivity index (χ3n) is 2.55. The van der Waals surface area contributed by atoms with Crippen LogP contribution in [0.25, 0.3) is 0 Å². The highest BCUT2D eigenvalue weighted by atomic mass is 35.5. The molecule has 18 heavy (non-hydrogen) atoms. The van der Waals surface area contributed by atoms with E-state index in [9.17, 15) is 0 Å². The largest absolute Gasteiger partial charge is 0.385 e. The van der Waals surface area contributed by atoms with Crippen LogP contribution >= 0.6 is 11.6 Å². The number of hydrogen-bond donors (Lipinski definition) is 1. The zero-order valence-electron chi connectivity index (χ0n) is 11.0. The van der Waals surface area contributed by atoms with Crippen molar-refractivity contribution in [3.05, 3.63) is 29.8 Å². The Bertz CT molecular complexity index is 303. The lowest BCUT2D eigenvalue weighted by atomic mass is 10.1. The number of anilines is 1. The van der Waals surface area contributed by atoms with Gasteiger partial charge in [-0.1, -0.05) is 12.1 Å². The summed E-state index contributed by atoms with van der Waals surface area (Å²) >= 11 is 5.69. The van der Waals surface area contributed by atoms with Gasteiger partial charge in [0.1, 0.15) is 0 Å². The highest BCUT2D eigenvalue weighted by Crippen LogP contribution is 2.10. The van der Waals surface area contributed by atoms with Crippen molar-refractivity contribution in [2.45, 2.75) is 12.8 Å². The summed E-state index contributed by atoms with van der Waals surface area (Å²) < 4.78 is 10.4. The predicted octanol–water partition coefficient (Wildman–Crippen LogP) is 2.93. The Balaban J connectivity index is 2.08. The van der Waals surface area contributed by atoms with Crippen LogP contribution in [0.2, 0.25) is 0 Å². The second-order valence-electron chi connectivity index (χ2n) is 4.02. The first-order chi connectivity index (χ1) is 8.86. The molecule has 1 N–H and O–H groups in total. The number of rotatable bonds is 10. The minimum atomic E-state index is 0.669. The maximum atomic E-state index is 5.69. The van der Waals surface area contributed by atoms with Gasteiger partial charge in [-0.15, -0.1) is 11.6 Å². The number of methoxy groups -OCH3 is 1. The van der Waals surface area contributed by atoms with Crippen molar-refractivity contribution in [1.82, 2.24) is 0 Å². The normalized spacial score (nSPS) is 10.6. The zero-order valence-corrected chi connectivity index (χ0v) is 11.7. The van der Waals surface area contributed by atoms with E-state index in [1.54, 1.807) is 7.11 Å². The van der Waals surface area contributed by atoms with Crippen molar-refractivity contribution in [3.8, 4) is 0 Å². The van der Waals surface area contributed by atoms with Crippen LogP contribution in [0.1, 0.15) is 12.0 Å². The van der Waals surface area contributed by atoms with Crippen LogP contribution in [0.15, 0.2) is 24.3 Å². The SMILES string of the molecule is COCCCOCCNc1ccc(CCCl)cc1. The Labute approximate surface area is 114 Å². The summed E-state index contributed by atoms with van der Waals surface area (Å²) in [4.78, 5) is 0. The molecule has 0 aliphatic rings. The third-order valence-corrected chi connectivity index (χ3v) is 2.74. The summed E-state index contributed by atoms with van der Waals surface area (Å²) in [7, 11) is 1.70. The van der Waals surface area contributed by atoms with Gasteiger partial charge in [0.2, 0.25) is 0 Å². The molecule has 0 spiro atoms. The second-order valence-corrected chi connectivity index (χ2v) is 4.40. The number of alkyl halides is 1. The molecule has 0 aliphatic carbocycles. The lowest BCUT2D eigenvalue weighted by Crippen LogP contribution is -2.10. The topological polar surface area (TPSA) is 30.5 Å². The van der Waals surface area contributed by atoms with Crippen molar-refractivity contribution in [1.29, 1.82) is 0 Å². The van der Waals surface area contributed by atoms with Crippen molar-refractivity contribution in [3.63, 3.8) is 0 Å². The van der Waals surface area contributed by atoms with Gasteiger partial charge in [0.25, 0.3) is 0 Å². The Hall–Kier alpha value is -0.770. The molecule has 0 atom stereocenters. The molecular formula is C14H22ClNO2. The van der Waals surface area contributed by atoms with Gasteiger partial charge in [-0.05, 0) is 30.5 Å². The van der Waals surface area contributed by atoms with Crippen molar-refractivity contribution >= 4 is 17.3 Å². The second kappa shape index (κ2) is 10.2. The lowest BCUT2D eigenvalue weighted by Gasteiger charge is -2.08. The molecule has 0 heterocycles. The Kier molecular flexibility index (Phi) is 8.65. The molecule has 0 aromatic heterocycles. The van der Waals surface area contributed by atoms with Crippen LogP contribution in [0, 0.1) is 0 Å². The molecule has 3 nitrogen and oxygen atoms in total. The third kappa shape index (κ3) is 6.84. The highest BCUT2D eigenvalue weighted by molar-refractivity contribution is 6.17. The van der Waals surface area contributed by atoms with E-state index in [1.807, 2.05) is 0 Å². The standard InChI is InChI=1S/C14H22ClNO2/c1-17-10-2-11-18-12-9-16-14-5-3-13(4-6-14)7-8-15/h3-6,16H,2,7-12H2,1H3. The zero-order chi connectivity index (χ0) is 13.1. The molecule has 1 aromatic carbocycles. The van der Waals surface area contributed by atoms with E-state index in [4.69, 9.17) is 21.1 Å². The summed E-state index contributed by atoms with van der Waals surface area (Å²) in [5.74, 6) is 0.669. The van der Waals surface area contributed by atoms with Crippen LogP contribution in [0.4, 0.5) is 5.69 Å². The average Bonchev–Trinajstić information content (AvgIpc) is 2.40. The van der Waals surface area contributed by atoms with Crippen molar-refractivity contribution in [2.24, 2.45) is 0 Å². The molecule has 0 saturated carbocycles. The average molecular weight is 272 g/mol. The Morgan fingerprint density at radius 1 is 1.11 bits per heavy atom. The summed E-state index contributed by atoms with van der Waals surface area (Å²) in [6, 6.07) is 8.36. The predicted molar refractivity (Wildman–Crippen MR) is 76.7 cm³/mol. The van der Waals surface area contributed by atoms with Crippen LogP contribution in [-0.4, -0.2) is 39.4 Å². The van der Waals surface area contributed by atoms with Gasteiger partial charge < -0.3 is 14.8 Å². The number of aryl methyl sites for hydroxylation is 1. The molecule has 0 bridgehead atoms. The maximum absolute atomic E-state index is 5.69. The molecule has 0 amide bonds. The Morgan fingerprint density at radius 3 is 2.56 bits per heavy atom. The van der Waals surface area contributed by atoms with E-state index in [-0.39, 0.29) is 0 Å². The molecule has 1 rings (SSSR count). The fraction of sp³-hybridized carbons (Fsp3) is 0.571. The number of ether oxygens (including phenoxy) is 2. The van der Waals surface area contributed by atoms with Crippen molar-refractivity contribution in [2.75, 3.05) is 44.7 Å². The molecule has 0 saturated heterocycles. The fourth-order valence-electron chi connectivity index (χ4n) is 1.57. The Morgan fingerprint density at radius 2 is 1.89 bits per heavy atom. The highest BCUT2D eigenvalue weighted by Gasteiger charge is 1.94. The van der Waals surface area contributed by atoms with Gasteiger partial charge in [-0.2, -0.15) is 0 Å². The van der Waals surface area contributed by atoms with E-state index in [2.05, 4.69) is 29.6 Å². The van der Waals surface area contributed by atoms with Gasteiger partial charge in [0.15, 0.2) is 0 Å². The first-order valence-electron chi connectivity index (χ1n) is 6.32. The molecule has 4 heteroatoms. The van der Waals surface area contributed by atoms with Gasteiger partial charge in [0.05, 0.1) is 6.61 Å². The molecule has 0 radical (unpaired) electrons. The van der Waals surface area contributed by atoms with E-state index in [0.29, 0.717) is 12.5 Å². The first-order valence-corrected chi connectivity index (χ1v) is 6.85. The number of nitrogens with one attached hydrogen (secondary N) is 1. The number of hydrogen-bond acceptors (Lipinski definition) is 3.